The van der Waals surface area contributed by atoms with E-state index in [9.17, 15) is 12.8 Å². The third-order valence-electron chi connectivity index (χ3n) is 3.17. The second-order valence-electron chi connectivity index (χ2n) is 4.99. The van der Waals surface area contributed by atoms with Crippen molar-refractivity contribution in [2.24, 2.45) is 0 Å². The van der Waals surface area contributed by atoms with Gasteiger partial charge in [-0.3, -0.25) is 0 Å². The van der Waals surface area contributed by atoms with Gasteiger partial charge in [-0.1, -0.05) is 0 Å². The van der Waals surface area contributed by atoms with Crippen LogP contribution in [0.4, 0.5) is 4.39 Å². The van der Waals surface area contributed by atoms with Crippen LogP contribution in [0.25, 0.3) is 0 Å². The molecule has 20 heavy (non-hydrogen) atoms. The molecule has 1 aliphatic heterocycles. The monoisotopic (exact) mass is 302 g/mol. The van der Waals surface area contributed by atoms with Crippen LogP contribution in [0, 0.1) is 5.82 Å². The first-order valence-electron chi connectivity index (χ1n) is 6.51. The lowest BCUT2D eigenvalue weighted by Crippen LogP contribution is -2.39. The van der Waals surface area contributed by atoms with Gasteiger partial charge in [0.15, 0.2) is 0 Å². The highest BCUT2D eigenvalue weighted by Gasteiger charge is 2.24. The number of likely N-dealkylation sites (tertiary alicyclic amines) is 1. The van der Waals surface area contributed by atoms with E-state index in [1.54, 1.807) is 0 Å². The van der Waals surface area contributed by atoms with Gasteiger partial charge in [-0.25, -0.2) is 17.5 Å². The molecule has 0 radical (unpaired) electrons. The van der Waals surface area contributed by atoms with Crippen molar-refractivity contribution in [3.8, 4) is 5.75 Å². The van der Waals surface area contributed by atoms with Gasteiger partial charge < -0.3 is 9.64 Å². The lowest BCUT2D eigenvalue weighted by molar-refractivity contribution is 0.339. The predicted octanol–water partition coefficient (Wildman–Crippen LogP) is 0.828. The summed E-state index contributed by atoms with van der Waals surface area (Å²) in [5, 5.41) is 0. The van der Waals surface area contributed by atoms with Crippen LogP contribution in [0.5, 0.6) is 5.75 Å². The zero-order valence-corrected chi connectivity index (χ0v) is 12.2. The first-order valence-corrected chi connectivity index (χ1v) is 8.17. The second-order valence-corrected chi connectivity index (χ2v) is 6.86. The Morgan fingerprint density at radius 1 is 1.40 bits per heavy atom. The van der Waals surface area contributed by atoms with Gasteiger partial charge in [-0.15, -0.1) is 0 Å². The molecule has 0 amide bonds. The van der Waals surface area contributed by atoms with E-state index in [-0.39, 0.29) is 24.2 Å². The van der Waals surface area contributed by atoms with Crippen molar-refractivity contribution < 1.29 is 17.5 Å². The highest BCUT2D eigenvalue weighted by molar-refractivity contribution is 7.89. The highest BCUT2D eigenvalue weighted by atomic mass is 32.2. The van der Waals surface area contributed by atoms with Crippen LogP contribution in [0.15, 0.2) is 24.3 Å². The van der Waals surface area contributed by atoms with Gasteiger partial charge in [0, 0.05) is 12.6 Å². The van der Waals surface area contributed by atoms with Crippen LogP contribution < -0.4 is 9.46 Å². The Kier molecular flexibility index (Phi) is 4.95. The molecule has 1 aromatic rings. The Balaban J connectivity index is 1.76. The van der Waals surface area contributed by atoms with Crippen LogP contribution in [0.2, 0.25) is 0 Å². The second kappa shape index (κ2) is 6.51. The predicted molar refractivity (Wildman–Crippen MR) is 74.7 cm³/mol. The number of nitrogens with zero attached hydrogens (tertiary/aromatic N) is 1. The molecule has 0 aliphatic carbocycles. The summed E-state index contributed by atoms with van der Waals surface area (Å²) in [6, 6.07) is 5.48. The summed E-state index contributed by atoms with van der Waals surface area (Å²) < 4.78 is 44.4. The summed E-state index contributed by atoms with van der Waals surface area (Å²) in [7, 11) is -1.38. The van der Waals surface area contributed by atoms with Crippen molar-refractivity contribution in [1.29, 1.82) is 0 Å². The standard InChI is InChI=1S/C13H19FN2O3S/c1-16-7-6-12(10-16)15-20(17,18)9-8-19-13-4-2-11(14)3-5-13/h2-5,12,15H,6-10H2,1H3. The molecule has 1 atom stereocenters. The van der Waals surface area contributed by atoms with Gasteiger partial charge in [-0.2, -0.15) is 0 Å². The van der Waals surface area contributed by atoms with E-state index in [1.807, 2.05) is 7.05 Å². The van der Waals surface area contributed by atoms with Gasteiger partial charge >= 0.3 is 0 Å². The molecule has 1 unspecified atom stereocenters. The summed E-state index contributed by atoms with van der Waals surface area (Å²) >= 11 is 0. The normalized spacial score (nSPS) is 20.2. The third-order valence-corrected chi connectivity index (χ3v) is 4.57. The Morgan fingerprint density at radius 2 is 2.10 bits per heavy atom. The highest BCUT2D eigenvalue weighted by Crippen LogP contribution is 2.11. The fraction of sp³-hybridized carbons (Fsp3) is 0.538. The van der Waals surface area contributed by atoms with E-state index < -0.39 is 10.0 Å². The number of likely N-dealkylation sites (N-methyl/N-ethyl adjacent to an activating group) is 1. The van der Waals surface area contributed by atoms with Crippen LogP contribution >= 0.6 is 0 Å². The minimum Gasteiger partial charge on any atom is -0.492 e. The molecule has 1 aliphatic rings. The molecule has 112 valence electrons. The third kappa shape index (κ3) is 4.73. The van der Waals surface area contributed by atoms with E-state index in [0.29, 0.717) is 5.75 Å². The molecule has 0 spiro atoms. The van der Waals surface area contributed by atoms with Crippen LogP contribution in [-0.2, 0) is 10.0 Å². The molecule has 1 heterocycles. The SMILES string of the molecule is CN1CCC(NS(=O)(=O)CCOc2ccc(F)cc2)C1. The Hall–Kier alpha value is -1.18. The molecule has 0 bridgehead atoms. The first-order chi connectivity index (χ1) is 9.44. The van der Waals surface area contributed by atoms with Crippen molar-refractivity contribution in [3.05, 3.63) is 30.1 Å². The van der Waals surface area contributed by atoms with E-state index >= 15 is 0 Å². The Labute approximate surface area is 118 Å². The number of ether oxygens (including phenoxy) is 1. The molecule has 1 saturated heterocycles. The number of hydrogen-bond acceptors (Lipinski definition) is 4. The first kappa shape index (κ1) is 15.2. The Morgan fingerprint density at radius 3 is 2.70 bits per heavy atom. The number of sulfonamides is 1. The van der Waals surface area contributed by atoms with Gasteiger partial charge in [0.25, 0.3) is 0 Å². The zero-order chi connectivity index (χ0) is 14.6. The molecular weight excluding hydrogens is 283 g/mol. The smallest absolute Gasteiger partial charge is 0.215 e. The van der Waals surface area contributed by atoms with Crippen molar-refractivity contribution in [2.45, 2.75) is 12.5 Å². The lowest BCUT2D eigenvalue weighted by Gasteiger charge is -2.13. The van der Waals surface area contributed by atoms with Crippen LogP contribution in [0.3, 0.4) is 0 Å². The molecular formula is C13H19FN2O3S. The summed E-state index contributed by atoms with van der Waals surface area (Å²) in [6.45, 7) is 1.68. The topological polar surface area (TPSA) is 58.6 Å². The van der Waals surface area contributed by atoms with Crippen molar-refractivity contribution in [2.75, 3.05) is 32.5 Å². The van der Waals surface area contributed by atoms with E-state index in [2.05, 4.69) is 9.62 Å². The maximum absolute atomic E-state index is 12.7. The minimum atomic E-state index is -3.34. The van der Waals surface area contributed by atoms with E-state index in [0.717, 1.165) is 19.5 Å². The van der Waals surface area contributed by atoms with Gasteiger partial charge in [0.2, 0.25) is 10.0 Å². The number of benzene rings is 1. The summed E-state index contributed by atoms with van der Waals surface area (Å²) in [5.41, 5.74) is 0. The molecule has 0 saturated carbocycles. The average molecular weight is 302 g/mol. The van der Waals surface area contributed by atoms with Gasteiger partial charge in [0.1, 0.15) is 18.2 Å². The Bertz CT molecular complexity index is 533. The molecule has 1 N–H and O–H groups in total. The van der Waals surface area contributed by atoms with Gasteiger partial charge in [-0.05, 0) is 44.3 Å². The molecule has 2 rings (SSSR count). The van der Waals surface area contributed by atoms with Crippen molar-refractivity contribution in [1.82, 2.24) is 9.62 Å². The summed E-state index contributed by atoms with van der Waals surface area (Å²) in [4.78, 5) is 2.09. The zero-order valence-electron chi connectivity index (χ0n) is 11.4. The maximum Gasteiger partial charge on any atom is 0.215 e. The van der Waals surface area contributed by atoms with Crippen LogP contribution in [0.1, 0.15) is 6.42 Å². The van der Waals surface area contributed by atoms with Crippen molar-refractivity contribution >= 4 is 10.0 Å². The number of rotatable bonds is 6. The largest absolute Gasteiger partial charge is 0.492 e. The fourth-order valence-corrected chi connectivity index (χ4v) is 3.26. The van der Waals surface area contributed by atoms with Gasteiger partial charge in [0.05, 0.1) is 5.75 Å². The van der Waals surface area contributed by atoms with Crippen LogP contribution in [-0.4, -0.2) is 51.9 Å². The summed E-state index contributed by atoms with van der Waals surface area (Å²) in [5.74, 6) is 0.00381. The maximum atomic E-state index is 12.7. The molecule has 0 aromatic heterocycles. The average Bonchev–Trinajstić information content (AvgIpc) is 2.76. The number of hydrogen-bond donors (Lipinski definition) is 1. The summed E-state index contributed by atoms with van der Waals surface area (Å²) in [6.07, 6.45) is 0.828. The van der Waals surface area contributed by atoms with Crippen molar-refractivity contribution in [3.63, 3.8) is 0 Å². The number of nitrogens with one attached hydrogen (secondary N) is 1. The van der Waals surface area contributed by atoms with E-state index in [4.69, 9.17) is 4.74 Å². The molecule has 5 nitrogen and oxygen atoms in total. The fourth-order valence-electron chi connectivity index (χ4n) is 2.14. The quantitative estimate of drug-likeness (QED) is 0.845. The molecule has 7 heteroatoms. The van der Waals surface area contributed by atoms with E-state index in [1.165, 1.54) is 24.3 Å². The molecule has 1 aromatic carbocycles. The number of halogens is 1. The lowest BCUT2D eigenvalue weighted by atomic mass is 10.3. The minimum absolute atomic E-state index is 0.0178. The molecule has 1 fully saturated rings.